The van der Waals surface area contributed by atoms with Gasteiger partial charge >= 0.3 is 5.97 Å². The van der Waals surface area contributed by atoms with Crippen LogP contribution in [0.25, 0.3) is 17.2 Å². The number of imidazole rings is 1. The van der Waals surface area contributed by atoms with Crippen molar-refractivity contribution in [1.29, 1.82) is 0 Å². The summed E-state index contributed by atoms with van der Waals surface area (Å²) in [6, 6.07) is 9.39. The first-order chi connectivity index (χ1) is 12.9. The van der Waals surface area contributed by atoms with E-state index in [2.05, 4.69) is 21.2 Å². The van der Waals surface area contributed by atoms with Gasteiger partial charge in [-0.3, -0.25) is 0 Å². The summed E-state index contributed by atoms with van der Waals surface area (Å²) in [6.45, 7) is 6.72. The Kier molecular flexibility index (Phi) is 5.35. The Bertz CT molecular complexity index is 1020. The van der Waals surface area contributed by atoms with Crippen molar-refractivity contribution in [2.75, 3.05) is 7.11 Å². The first kappa shape index (κ1) is 18.8. The van der Waals surface area contributed by atoms with Crippen LogP contribution in [0.15, 0.2) is 36.2 Å². The lowest BCUT2D eigenvalue weighted by molar-refractivity contribution is -0.137. The van der Waals surface area contributed by atoms with Gasteiger partial charge in [-0.15, -0.1) is 0 Å². The van der Waals surface area contributed by atoms with Crippen molar-refractivity contribution in [2.45, 2.75) is 33.7 Å². The molecule has 0 fully saturated rings. The van der Waals surface area contributed by atoms with Gasteiger partial charge in [-0.2, -0.15) is 4.39 Å². The third-order valence-corrected chi connectivity index (χ3v) is 4.41. The molecule has 0 saturated heterocycles. The summed E-state index contributed by atoms with van der Waals surface area (Å²) in [6.07, 6.45) is 1.97. The van der Waals surface area contributed by atoms with Crippen LogP contribution in [0.1, 0.15) is 35.1 Å². The molecular weight excluding hydrogens is 345 g/mol. The summed E-state index contributed by atoms with van der Waals surface area (Å²) in [4.78, 5) is 20.6. The second kappa shape index (κ2) is 7.70. The van der Waals surface area contributed by atoms with Crippen molar-refractivity contribution in [3.05, 3.63) is 64.4 Å². The molecule has 3 aromatic rings. The van der Waals surface area contributed by atoms with Gasteiger partial charge in [0.15, 0.2) is 5.65 Å². The molecule has 0 aliphatic carbocycles. The lowest BCUT2D eigenvalue weighted by Crippen LogP contribution is -2.05. The molecule has 1 aromatic carbocycles. The fourth-order valence-electron chi connectivity index (χ4n) is 3.09. The van der Waals surface area contributed by atoms with Crippen molar-refractivity contribution in [2.24, 2.45) is 0 Å². The van der Waals surface area contributed by atoms with Crippen LogP contribution in [0.4, 0.5) is 4.39 Å². The van der Waals surface area contributed by atoms with Gasteiger partial charge in [0.25, 0.3) is 0 Å². The largest absolute Gasteiger partial charge is 0.464 e. The second-order valence-electron chi connectivity index (χ2n) is 6.45. The van der Waals surface area contributed by atoms with E-state index in [1.807, 2.05) is 32.0 Å². The number of ether oxygens (including phenoxy) is 1. The van der Waals surface area contributed by atoms with Gasteiger partial charge in [0.2, 0.25) is 5.83 Å². The van der Waals surface area contributed by atoms with Crippen LogP contribution in [0.3, 0.4) is 0 Å². The van der Waals surface area contributed by atoms with E-state index in [1.165, 1.54) is 0 Å². The Morgan fingerprint density at radius 2 is 1.93 bits per heavy atom. The monoisotopic (exact) mass is 367 g/mol. The molecule has 140 valence electrons. The molecule has 0 spiro atoms. The summed E-state index contributed by atoms with van der Waals surface area (Å²) < 4.78 is 20.1. The number of halogens is 1. The normalized spacial score (nSPS) is 11.8. The van der Waals surface area contributed by atoms with Crippen LogP contribution in [-0.4, -0.2) is 27.6 Å². The minimum atomic E-state index is -0.978. The summed E-state index contributed by atoms with van der Waals surface area (Å²) in [7, 11) is 1.15. The molecule has 0 atom stereocenters. The highest BCUT2D eigenvalue weighted by Crippen LogP contribution is 2.21. The van der Waals surface area contributed by atoms with E-state index >= 15 is 0 Å². The molecule has 2 aromatic heterocycles. The number of benzene rings is 1. The molecule has 0 aliphatic rings. The van der Waals surface area contributed by atoms with Gasteiger partial charge in [-0.25, -0.2) is 14.8 Å². The zero-order valence-electron chi connectivity index (χ0n) is 15.9. The maximum absolute atomic E-state index is 13.6. The zero-order valence-corrected chi connectivity index (χ0v) is 15.9. The lowest BCUT2D eigenvalue weighted by Gasteiger charge is -2.09. The predicted molar refractivity (Wildman–Crippen MR) is 103 cm³/mol. The van der Waals surface area contributed by atoms with Crippen LogP contribution in [0.5, 0.6) is 0 Å². The molecular formula is C21H22FN3O2. The average molecular weight is 367 g/mol. The van der Waals surface area contributed by atoms with Crippen molar-refractivity contribution >= 4 is 23.2 Å². The Hall–Kier alpha value is -3.02. The summed E-state index contributed by atoms with van der Waals surface area (Å²) in [5, 5.41) is 0. The first-order valence-electron chi connectivity index (χ1n) is 8.80. The number of aromatic nitrogens is 3. The number of aryl methyl sites for hydroxylation is 3. The van der Waals surface area contributed by atoms with E-state index in [9.17, 15) is 9.18 Å². The molecule has 2 heterocycles. The van der Waals surface area contributed by atoms with Gasteiger partial charge in [0.05, 0.1) is 13.7 Å². The van der Waals surface area contributed by atoms with Crippen molar-refractivity contribution in [3.8, 4) is 0 Å². The standard InChI is InChI=1S/C21H22FN3O2/c1-5-18-24-19-13(2)10-14(3)23-20(19)25(18)12-16-8-6-15(7-9-16)11-17(22)21(26)27-4/h6-11H,5,12H2,1-4H3/b17-11+. The molecule has 0 aliphatic heterocycles. The van der Waals surface area contributed by atoms with Crippen molar-refractivity contribution in [1.82, 2.24) is 14.5 Å². The average Bonchev–Trinajstić information content (AvgIpc) is 3.00. The van der Waals surface area contributed by atoms with Crippen LogP contribution >= 0.6 is 0 Å². The number of esters is 1. The number of rotatable bonds is 5. The van der Waals surface area contributed by atoms with Crippen LogP contribution in [0.2, 0.25) is 0 Å². The maximum atomic E-state index is 13.6. The molecule has 0 amide bonds. The van der Waals surface area contributed by atoms with Gasteiger partial charge in [-0.1, -0.05) is 31.2 Å². The molecule has 3 rings (SSSR count). The van der Waals surface area contributed by atoms with E-state index in [-0.39, 0.29) is 0 Å². The molecule has 0 N–H and O–H groups in total. The van der Waals surface area contributed by atoms with Gasteiger partial charge in [-0.05, 0) is 42.7 Å². The van der Waals surface area contributed by atoms with Crippen LogP contribution in [-0.2, 0) is 22.5 Å². The zero-order chi connectivity index (χ0) is 19.6. The minimum Gasteiger partial charge on any atom is -0.464 e. The highest BCUT2D eigenvalue weighted by molar-refractivity contribution is 5.91. The summed E-state index contributed by atoms with van der Waals surface area (Å²) in [5.74, 6) is -0.922. The number of fused-ring (bicyclic) bond motifs is 1. The molecule has 0 saturated carbocycles. The molecule has 0 radical (unpaired) electrons. The number of nitrogens with zero attached hydrogens (tertiary/aromatic N) is 3. The molecule has 27 heavy (non-hydrogen) atoms. The second-order valence-corrected chi connectivity index (χ2v) is 6.45. The maximum Gasteiger partial charge on any atom is 0.366 e. The Morgan fingerprint density at radius 1 is 1.22 bits per heavy atom. The topological polar surface area (TPSA) is 57.0 Å². The van der Waals surface area contributed by atoms with E-state index in [1.54, 1.807) is 12.1 Å². The molecule has 6 heteroatoms. The van der Waals surface area contributed by atoms with Crippen LogP contribution in [0, 0.1) is 13.8 Å². The fraction of sp³-hybridized carbons (Fsp3) is 0.286. The highest BCUT2D eigenvalue weighted by Gasteiger charge is 2.14. The van der Waals surface area contributed by atoms with Gasteiger partial charge < -0.3 is 9.30 Å². The first-order valence-corrected chi connectivity index (χ1v) is 8.80. The Morgan fingerprint density at radius 3 is 2.56 bits per heavy atom. The minimum absolute atomic E-state index is 0.595. The van der Waals surface area contributed by atoms with E-state index in [0.29, 0.717) is 12.1 Å². The number of pyridine rings is 1. The van der Waals surface area contributed by atoms with Crippen molar-refractivity contribution < 1.29 is 13.9 Å². The molecule has 0 bridgehead atoms. The predicted octanol–water partition coefficient (Wildman–Crippen LogP) is 4.14. The van der Waals surface area contributed by atoms with Crippen molar-refractivity contribution in [3.63, 3.8) is 0 Å². The fourth-order valence-corrected chi connectivity index (χ4v) is 3.09. The highest BCUT2D eigenvalue weighted by atomic mass is 19.1. The third kappa shape index (κ3) is 3.89. The summed E-state index contributed by atoms with van der Waals surface area (Å²) >= 11 is 0. The Labute approximate surface area is 157 Å². The quantitative estimate of drug-likeness (QED) is 0.502. The number of methoxy groups -OCH3 is 1. The van der Waals surface area contributed by atoms with E-state index in [4.69, 9.17) is 4.98 Å². The number of carbonyl (C=O) groups excluding carboxylic acids is 1. The SMILES string of the molecule is CCc1nc2c(C)cc(C)nc2n1Cc1ccc(/C=C(/F)C(=O)OC)cc1. The smallest absolute Gasteiger partial charge is 0.366 e. The lowest BCUT2D eigenvalue weighted by atomic mass is 10.1. The van der Waals surface area contributed by atoms with E-state index < -0.39 is 11.8 Å². The number of hydrogen-bond donors (Lipinski definition) is 0. The molecule has 0 unspecified atom stereocenters. The Balaban J connectivity index is 1.93. The molecule has 5 nitrogen and oxygen atoms in total. The number of hydrogen-bond acceptors (Lipinski definition) is 4. The number of carbonyl (C=O) groups is 1. The van der Waals surface area contributed by atoms with Gasteiger partial charge in [0.1, 0.15) is 11.3 Å². The van der Waals surface area contributed by atoms with Crippen LogP contribution < -0.4 is 0 Å². The summed E-state index contributed by atoms with van der Waals surface area (Å²) in [5.41, 5.74) is 5.52. The van der Waals surface area contributed by atoms with E-state index in [0.717, 1.165) is 53.4 Å². The van der Waals surface area contributed by atoms with Gasteiger partial charge in [0, 0.05) is 12.1 Å². The third-order valence-electron chi connectivity index (χ3n) is 4.41.